The molecule has 33 heavy (non-hydrogen) atoms. The van der Waals surface area contributed by atoms with Crippen LogP contribution in [0.3, 0.4) is 0 Å². The normalized spacial score (nSPS) is 14.9. The molecule has 10 heteroatoms. The number of hydrogen-bond donors (Lipinski definition) is 1. The number of halogens is 5. The molecule has 1 saturated heterocycles. The van der Waals surface area contributed by atoms with Gasteiger partial charge < -0.3 is 14.8 Å². The summed E-state index contributed by atoms with van der Waals surface area (Å²) in [6.45, 7) is 3.65. The Kier molecular flexibility index (Phi) is 7.36. The molecule has 0 saturated carbocycles. The molecular formula is C23H22Cl2F3N3O2. The van der Waals surface area contributed by atoms with Gasteiger partial charge in [-0.05, 0) is 68.4 Å². The Morgan fingerprint density at radius 1 is 0.939 bits per heavy atom. The minimum atomic E-state index is -4.82. The standard InChI is InChI=1S/C23H22Cl2F3N3O2/c24-17-6-8-19(32-13-12-31-10-2-1-3-11-31)16-5-9-21(30-22(16)17)29-15-4-7-20(18(25)14-15)33-23(26,27)28/h4-9,14H,1-3,10-13H2,(H,29,30). The zero-order valence-corrected chi connectivity index (χ0v) is 19.1. The van der Waals surface area contributed by atoms with Crippen molar-refractivity contribution < 1.29 is 22.6 Å². The van der Waals surface area contributed by atoms with Gasteiger partial charge in [-0.2, -0.15) is 0 Å². The van der Waals surface area contributed by atoms with Crippen molar-refractivity contribution in [3.8, 4) is 11.5 Å². The molecule has 2 aromatic carbocycles. The van der Waals surface area contributed by atoms with E-state index in [1.54, 1.807) is 12.1 Å². The second kappa shape index (κ2) is 10.2. The number of anilines is 2. The van der Waals surface area contributed by atoms with Gasteiger partial charge >= 0.3 is 6.36 Å². The van der Waals surface area contributed by atoms with E-state index in [-0.39, 0.29) is 5.02 Å². The lowest BCUT2D eigenvalue weighted by molar-refractivity contribution is -0.274. The van der Waals surface area contributed by atoms with Crippen LogP contribution in [-0.2, 0) is 0 Å². The Hall–Kier alpha value is -2.42. The molecule has 0 unspecified atom stereocenters. The minimum Gasteiger partial charge on any atom is -0.492 e. The Balaban J connectivity index is 1.47. The molecule has 0 atom stereocenters. The van der Waals surface area contributed by atoms with Gasteiger partial charge in [0.25, 0.3) is 0 Å². The van der Waals surface area contributed by atoms with Crippen LogP contribution in [0.1, 0.15) is 19.3 Å². The van der Waals surface area contributed by atoms with E-state index >= 15 is 0 Å². The molecule has 1 N–H and O–H groups in total. The van der Waals surface area contributed by atoms with Crippen LogP contribution < -0.4 is 14.8 Å². The van der Waals surface area contributed by atoms with Crippen LogP contribution in [-0.4, -0.2) is 42.5 Å². The predicted octanol–water partition coefficient (Wildman–Crippen LogP) is 7.05. The fraction of sp³-hybridized carbons (Fsp3) is 0.348. The number of piperidine rings is 1. The van der Waals surface area contributed by atoms with Gasteiger partial charge in [0, 0.05) is 17.6 Å². The first-order chi connectivity index (χ1) is 15.8. The molecule has 1 aliphatic heterocycles. The molecule has 176 valence electrons. The average Bonchev–Trinajstić information content (AvgIpc) is 2.77. The molecule has 3 aromatic rings. The highest BCUT2D eigenvalue weighted by atomic mass is 35.5. The fourth-order valence-corrected chi connectivity index (χ4v) is 4.18. The molecule has 0 bridgehead atoms. The highest BCUT2D eigenvalue weighted by molar-refractivity contribution is 6.35. The highest BCUT2D eigenvalue weighted by Crippen LogP contribution is 2.34. The van der Waals surface area contributed by atoms with Gasteiger partial charge in [0.2, 0.25) is 0 Å². The first kappa shape index (κ1) is 23.7. The number of likely N-dealkylation sites (tertiary alicyclic amines) is 1. The summed E-state index contributed by atoms with van der Waals surface area (Å²) in [6.07, 6.45) is -1.07. The molecule has 0 radical (unpaired) electrons. The summed E-state index contributed by atoms with van der Waals surface area (Å²) in [6, 6.07) is 11.0. The van der Waals surface area contributed by atoms with E-state index in [9.17, 15) is 13.2 Å². The number of nitrogens with zero attached hydrogens (tertiary/aromatic N) is 2. The first-order valence-electron chi connectivity index (χ1n) is 10.6. The van der Waals surface area contributed by atoms with Gasteiger partial charge in [0.1, 0.15) is 23.9 Å². The highest BCUT2D eigenvalue weighted by Gasteiger charge is 2.32. The maximum Gasteiger partial charge on any atom is 0.573 e. The smallest absolute Gasteiger partial charge is 0.492 e. The number of rotatable bonds is 7. The summed E-state index contributed by atoms with van der Waals surface area (Å²) >= 11 is 12.3. The largest absolute Gasteiger partial charge is 0.573 e. The summed E-state index contributed by atoms with van der Waals surface area (Å²) in [4.78, 5) is 6.95. The Bertz CT molecular complexity index is 1120. The lowest BCUT2D eigenvalue weighted by Crippen LogP contribution is -2.33. The molecule has 0 aliphatic carbocycles. The van der Waals surface area contributed by atoms with Crippen LogP contribution in [0.4, 0.5) is 24.7 Å². The molecule has 5 nitrogen and oxygen atoms in total. The number of fused-ring (bicyclic) bond motifs is 1. The van der Waals surface area contributed by atoms with E-state index < -0.39 is 12.1 Å². The van der Waals surface area contributed by atoms with Gasteiger partial charge in [0.05, 0.1) is 15.6 Å². The third-order valence-corrected chi connectivity index (χ3v) is 5.91. The topological polar surface area (TPSA) is 46.6 Å². The van der Waals surface area contributed by atoms with Crippen molar-refractivity contribution in [1.29, 1.82) is 0 Å². The van der Waals surface area contributed by atoms with Crippen molar-refractivity contribution in [3.63, 3.8) is 0 Å². The zero-order chi connectivity index (χ0) is 23.4. The average molecular weight is 500 g/mol. The number of nitrogens with one attached hydrogen (secondary N) is 1. The Labute approximate surface area is 199 Å². The lowest BCUT2D eigenvalue weighted by atomic mass is 10.1. The molecule has 1 aromatic heterocycles. The van der Waals surface area contributed by atoms with Gasteiger partial charge in [0.15, 0.2) is 0 Å². The van der Waals surface area contributed by atoms with Crippen LogP contribution in [0.5, 0.6) is 11.5 Å². The summed E-state index contributed by atoms with van der Waals surface area (Å²) in [7, 11) is 0. The van der Waals surface area contributed by atoms with Crippen LogP contribution in [0.25, 0.3) is 10.9 Å². The first-order valence-corrected chi connectivity index (χ1v) is 11.3. The third-order valence-electron chi connectivity index (χ3n) is 5.31. The quantitative estimate of drug-likeness (QED) is 0.377. The molecule has 0 spiro atoms. The van der Waals surface area contributed by atoms with Gasteiger partial charge in [-0.1, -0.05) is 29.6 Å². The third kappa shape index (κ3) is 6.34. The molecule has 0 amide bonds. The lowest BCUT2D eigenvalue weighted by Gasteiger charge is -2.26. The minimum absolute atomic E-state index is 0.180. The van der Waals surface area contributed by atoms with Crippen LogP contribution in [0.15, 0.2) is 42.5 Å². The number of pyridine rings is 1. The molecular weight excluding hydrogens is 478 g/mol. The van der Waals surface area contributed by atoms with Crippen molar-refractivity contribution in [2.45, 2.75) is 25.6 Å². The van der Waals surface area contributed by atoms with Crippen molar-refractivity contribution in [2.24, 2.45) is 0 Å². The monoisotopic (exact) mass is 499 g/mol. The van der Waals surface area contributed by atoms with Gasteiger partial charge in [-0.25, -0.2) is 4.98 Å². The number of aromatic nitrogens is 1. The number of ether oxygens (including phenoxy) is 2. The fourth-order valence-electron chi connectivity index (χ4n) is 3.75. The van der Waals surface area contributed by atoms with E-state index in [2.05, 4.69) is 19.9 Å². The van der Waals surface area contributed by atoms with Crippen molar-refractivity contribution in [1.82, 2.24) is 9.88 Å². The number of benzene rings is 2. The maximum absolute atomic E-state index is 12.4. The van der Waals surface area contributed by atoms with E-state index in [1.165, 1.54) is 31.4 Å². The van der Waals surface area contributed by atoms with Crippen LogP contribution in [0, 0.1) is 0 Å². The predicted molar refractivity (Wildman–Crippen MR) is 124 cm³/mol. The molecule has 1 aliphatic rings. The van der Waals surface area contributed by atoms with Gasteiger partial charge in [-0.15, -0.1) is 13.2 Å². The van der Waals surface area contributed by atoms with E-state index in [0.29, 0.717) is 34.4 Å². The van der Waals surface area contributed by atoms with E-state index in [0.717, 1.165) is 31.1 Å². The Morgan fingerprint density at radius 3 is 2.42 bits per heavy atom. The summed E-state index contributed by atoms with van der Waals surface area (Å²) in [5, 5.41) is 4.08. The number of alkyl halides is 3. The summed E-state index contributed by atoms with van der Waals surface area (Å²) < 4.78 is 47.2. The van der Waals surface area contributed by atoms with Crippen molar-refractivity contribution in [2.75, 3.05) is 31.6 Å². The van der Waals surface area contributed by atoms with Crippen LogP contribution in [0.2, 0.25) is 10.0 Å². The van der Waals surface area contributed by atoms with Crippen LogP contribution >= 0.6 is 23.2 Å². The molecule has 4 rings (SSSR count). The number of hydrogen-bond acceptors (Lipinski definition) is 5. The summed E-state index contributed by atoms with van der Waals surface area (Å²) in [5.74, 6) is 0.674. The zero-order valence-electron chi connectivity index (χ0n) is 17.6. The molecule has 2 heterocycles. The summed E-state index contributed by atoms with van der Waals surface area (Å²) in [5.41, 5.74) is 1.01. The second-order valence-electron chi connectivity index (χ2n) is 7.71. The Morgan fingerprint density at radius 2 is 1.70 bits per heavy atom. The van der Waals surface area contributed by atoms with E-state index in [1.807, 2.05) is 12.1 Å². The maximum atomic E-state index is 12.4. The molecule has 1 fully saturated rings. The van der Waals surface area contributed by atoms with Crippen molar-refractivity contribution >= 4 is 45.6 Å². The second-order valence-corrected chi connectivity index (χ2v) is 8.52. The van der Waals surface area contributed by atoms with Gasteiger partial charge in [-0.3, -0.25) is 4.90 Å². The SMILES string of the molecule is FC(F)(F)Oc1ccc(Nc2ccc3c(OCCN4CCCCC4)ccc(Cl)c3n2)cc1Cl. The van der Waals surface area contributed by atoms with E-state index in [4.69, 9.17) is 27.9 Å². The van der Waals surface area contributed by atoms with Crippen molar-refractivity contribution in [3.05, 3.63) is 52.5 Å².